The minimum absolute atomic E-state index is 0.135. The molecule has 0 radical (unpaired) electrons. The first-order chi connectivity index (χ1) is 10.2. The van der Waals surface area contributed by atoms with Gasteiger partial charge in [0.25, 0.3) is 0 Å². The number of halogens is 1. The highest BCUT2D eigenvalue weighted by molar-refractivity contribution is 9.10. The number of amides is 1. The standard InChI is InChI=1S/C16H16BrN3O/c17-13-7-11(8-18-10-13)9-19-14-3-5-15(6-4-14)20-16(21)12-1-2-12/h3-8,10,12,19H,1-2,9H2,(H,20,21). The van der Waals surface area contributed by atoms with Crippen molar-refractivity contribution in [3.8, 4) is 0 Å². The van der Waals surface area contributed by atoms with Crippen molar-refractivity contribution in [2.24, 2.45) is 5.92 Å². The van der Waals surface area contributed by atoms with Gasteiger partial charge < -0.3 is 10.6 Å². The van der Waals surface area contributed by atoms with E-state index in [4.69, 9.17) is 0 Å². The number of rotatable bonds is 5. The number of hydrogen-bond acceptors (Lipinski definition) is 3. The fraction of sp³-hybridized carbons (Fsp3) is 0.250. The molecule has 1 amide bonds. The van der Waals surface area contributed by atoms with E-state index in [0.717, 1.165) is 34.3 Å². The molecule has 0 atom stereocenters. The molecule has 1 aromatic heterocycles. The van der Waals surface area contributed by atoms with E-state index in [-0.39, 0.29) is 11.8 Å². The van der Waals surface area contributed by atoms with Gasteiger partial charge in [-0.25, -0.2) is 0 Å². The topological polar surface area (TPSA) is 54.0 Å². The van der Waals surface area contributed by atoms with E-state index in [0.29, 0.717) is 6.54 Å². The lowest BCUT2D eigenvalue weighted by atomic mass is 10.2. The number of nitrogens with zero attached hydrogens (tertiary/aromatic N) is 1. The number of carbonyl (C=O) groups is 1. The predicted molar refractivity (Wildman–Crippen MR) is 87.1 cm³/mol. The molecule has 1 fully saturated rings. The minimum Gasteiger partial charge on any atom is -0.381 e. The van der Waals surface area contributed by atoms with Gasteiger partial charge in [0.2, 0.25) is 5.91 Å². The minimum atomic E-state index is 0.135. The second kappa shape index (κ2) is 6.26. The maximum Gasteiger partial charge on any atom is 0.227 e. The Hall–Kier alpha value is -1.88. The average molecular weight is 346 g/mol. The highest BCUT2D eigenvalue weighted by Crippen LogP contribution is 2.30. The van der Waals surface area contributed by atoms with Gasteiger partial charge in [-0.2, -0.15) is 0 Å². The molecule has 21 heavy (non-hydrogen) atoms. The van der Waals surface area contributed by atoms with Crippen LogP contribution in [0.25, 0.3) is 0 Å². The van der Waals surface area contributed by atoms with Crippen LogP contribution in [0.15, 0.2) is 47.2 Å². The Morgan fingerprint density at radius 3 is 2.57 bits per heavy atom. The van der Waals surface area contributed by atoms with Gasteiger partial charge >= 0.3 is 0 Å². The lowest BCUT2D eigenvalue weighted by Gasteiger charge is -2.08. The maximum absolute atomic E-state index is 11.7. The van der Waals surface area contributed by atoms with Crippen LogP contribution < -0.4 is 10.6 Å². The number of carbonyl (C=O) groups excluding carboxylic acids is 1. The van der Waals surface area contributed by atoms with Gasteiger partial charge in [-0.05, 0) is 64.7 Å². The van der Waals surface area contributed by atoms with E-state index in [1.807, 2.05) is 36.5 Å². The molecule has 1 aliphatic rings. The molecule has 0 saturated heterocycles. The smallest absolute Gasteiger partial charge is 0.227 e. The summed E-state index contributed by atoms with van der Waals surface area (Å²) in [6, 6.07) is 9.80. The summed E-state index contributed by atoms with van der Waals surface area (Å²) >= 11 is 3.41. The van der Waals surface area contributed by atoms with Gasteiger partial charge in [0.1, 0.15) is 0 Å². The zero-order valence-electron chi connectivity index (χ0n) is 11.5. The van der Waals surface area contributed by atoms with Crippen molar-refractivity contribution in [1.82, 2.24) is 4.98 Å². The maximum atomic E-state index is 11.7. The summed E-state index contributed by atoms with van der Waals surface area (Å²) < 4.78 is 0.972. The van der Waals surface area contributed by atoms with Gasteiger partial charge in [-0.3, -0.25) is 9.78 Å². The molecule has 1 aromatic carbocycles. The Kier molecular flexibility index (Phi) is 4.20. The molecular formula is C16H16BrN3O. The molecular weight excluding hydrogens is 330 g/mol. The molecule has 3 rings (SSSR count). The summed E-state index contributed by atoms with van der Waals surface area (Å²) in [6.07, 6.45) is 5.64. The Bertz CT molecular complexity index is 638. The third-order valence-electron chi connectivity index (χ3n) is 3.36. The first-order valence-electron chi connectivity index (χ1n) is 6.95. The predicted octanol–water partition coefficient (Wildman–Crippen LogP) is 3.80. The monoisotopic (exact) mass is 345 g/mol. The summed E-state index contributed by atoms with van der Waals surface area (Å²) in [5.41, 5.74) is 2.97. The summed E-state index contributed by atoms with van der Waals surface area (Å²) in [5, 5.41) is 6.26. The second-order valence-corrected chi connectivity index (χ2v) is 6.12. The average Bonchev–Trinajstić information content (AvgIpc) is 3.31. The highest BCUT2D eigenvalue weighted by Gasteiger charge is 2.29. The van der Waals surface area contributed by atoms with Crippen LogP contribution in [0.4, 0.5) is 11.4 Å². The van der Waals surface area contributed by atoms with Crippen LogP contribution in [0.2, 0.25) is 0 Å². The number of pyridine rings is 1. The molecule has 0 unspecified atom stereocenters. The van der Waals surface area contributed by atoms with Gasteiger partial charge in [0.05, 0.1) is 0 Å². The van der Waals surface area contributed by atoms with Crippen LogP contribution in [0.1, 0.15) is 18.4 Å². The van der Waals surface area contributed by atoms with Crippen molar-refractivity contribution >= 4 is 33.2 Å². The van der Waals surface area contributed by atoms with Crippen LogP contribution >= 0.6 is 15.9 Å². The van der Waals surface area contributed by atoms with Gasteiger partial charge in [0, 0.05) is 40.7 Å². The van der Waals surface area contributed by atoms with Crippen molar-refractivity contribution < 1.29 is 4.79 Å². The van der Waals surface area contributed by atoms with E-state index in [1.165, 1.54) is 0 Å². The number of anilines is 2. The number of nitrogens with one attached hydrogen (secondary N) is 2. The van der Waals surface area contributed by atoms with Crippen LogP contribution in [-0.2, 0) is 11.3 Å². The van der Waals surface area contributed by atoms with Crippen LogP contribution in [0.3, 0.4) is 0 Å². The lowest BCUT2D eigenvalue weighted by molar-refractivity contribution is -0.117. The largest absolute Gasteiger partial charge is 0.381 e. The molecule has 0 spiro atoms. The summed E-state index contributed by atoms with van der Waals surface area (Å²) in [4.78, 5) is 15.8. The summed E-state index contributed by atoms with van der Waals surface area (Å²) in [6.45, 7) is 0.709. The normalized spacial score (nSPS) is 13.8. The Morgan fingerprint density at radius 1 is 1.19 bits per heavy atom. The molecule has 2 N–H and O–H groups in total. The molecule has 2 aromatic rings. The Morgan fingerprint density at radius 2 is 1.90 bits per heavy atom. The quantitative estimate of drug-likeness (QED) is 0.866. The SMILES string of the molecule is O=C(Nc1ccc(NCc2cncc(Br)c2)cc1)C1CC1. The third-order valence-corrected chi connectivity index (χ3v) is 3.79. The Labute approximate surface area is 132 Å². The van der Waals surface area contributed by atoms with Crippen LogP contribution in [-0.4, -0.2) is 10.9 Å². The van der Waals surface area contributed by atoms with E-state index in [2.05, 4.69) is 31.5 Å². The number of hydrogen-bond donors (Lipinski definition) is 2. The molecule has 1 heterocycles. The summed E-state index contributed by atoms with van der Waals surface area (Å²) in [5.74, 6) is 0.364. The molecule has 0 aliphatic heterocycles. The molecule has 1 aliphatic carbocycles. The van der Waals surface area contributed by atoms with E-state index in [9.17, 15) is 4.79 Å². The second-order valence-electron chi connectivity index (χ2n) is 5.21. The summed E-state index contributed by atoms with van der Waals surface area (Å²) in [7, 11) is 0. The third kappa shape index (κ3) is 4.04. The van der Waals surface area contributed by atoms with Crippen molar-refractivity contribution in [3.63, 3.8) is 0 Å². The van der Waals surface area contributed by atoms with E-state index in [1.54, 1.807) is 6.20 Å². The van der Waals surface area contributed by atoms with Crippen molar-refractivity contribution in [2.75, 3.05) is 10.6 Å². The van der Waals surface area contributed by atoms with Gasteiger partial charge in [-0.15, -0.1) is 0 Å². The highest BCUT2D eigenvalue weighted by atomic mass is 79.9. The number of benzene rings is 1. The molecule has 1 saturated carbocycles. The van der Waals surface area contributed by atoms with E-state index < -0.39 is 0 Å². The molecule has 5 heteroatoms. The first-order valence-corrected chi connectivity index (χ1v) is 7.74. The fourth-order valence-corrected chi connectivity index (χ4v) is 2.43. The van der Waals surface area contributed by atoms with Crippen LogP contribution in [0, 0.1) is 5.92 Å². The molecule has 108 valence electrons. The van der Waals surface area contributed by atoms with Gasteiger partial charge in [0.15, 0.2) is 0 Å². The lowest BCUT2D eigenvalue weighted by Crippen LogP contribution is -2.13. The fourth-order valence-electron chi connectivity index (χ4n) is 2.02. The molecule has 0 bridgehead atoms. The van der Waals surface area contributed by atoms with Crippen molar-refractivity contribution in [3.05, 3.63) is 52.8 Å². The van der Waals surface area contributed by atoms with Crippen molar-refractivity contribution in [2.45, 2.75) is 19.4 Å². The Balaban J connectivity index is 1.55. The number of aromatic nitrogens is 1. The molecule has 4 nitrogen and oxygen atoms in total. The van der Waals surface area contributed by atoms with Crippen molar-refractivity contribution in [1.29, 1.82) is 0 Å². The first kappa shape index (κ1) is 14.1. The van der Waals surface area contributed by atoms with Gasteiger partial charge in [-0.1, -0.05) is 0 Å². The zero-order chi connectivity index (χ0) is 14.7. The van der Waals surface area contributed by atoms with E-state index >= 15 is 0 Å². The zero-order valence-corrected chi connectivity index (χ0v) is 13.1. The van der Waals surface area contributed by atoms with Crippen LogP contribution in [0.5, 0.6) is 0 Å².